The van der Waals surface area contributed by atoms with Crippen LogP contribution in [-0.4, -0.2) is 32.2 Å². The largest absolute Gasteiger partial charge is 0.331 e. The van der Waals surface area contributed by atoms with Crippen molar-refractivity contribution in [2.75, 3.05) is 6.54 Å². The number of likely N-dealkylation sites (tertiary alicyclic amines) is 1. The summed E-state index contributed by atoms with van der Waals surface area (Å²) >= 11 is 1.65. The quantitative estimate of drug-likeness (QED) is 0.910. The number of carbonyl (C=O) groups is 1. The van der Waals surface area contributed by atoms with E-state index in [1.165, 1.54) is 5.56 Å². The van der Waals surface area contributed by atoms with Crippen molar-refractivity contribution < 1.29 is 4.79 Å². The number of aromatic nitrogens is 3. The van der Waals surface area contributed by atoms with Gasteiger partial charge in [0.1, 0.15) is 0 Å². The molecule has 6 nitrogen and oxygen atoms in total. The van der Waals surface area contributed by atoms with Crippen LogP contribution < -0.4 is 5.32 Å². The molecule has 1 aliphatic carbocycles. The van der Waals surface area contributed by atoms with Gasteiger partial charge in [-0.15, -0.1) is 11.3 Å². The first-order chi connectivity index (χ1) is 11.6. The van der Waals surface area contributed by atoms with E-state index >= 15 is 0 Å². The van der Waals surface area contributed by atoms with E-state index in [1.54, 1.807) is 11.3 Å². The molecule has 0 bridgehead atoms. The van der Waals surface area contributed by atoms with Crippen molar-refractivity contribution >= 4 is 17.4 Å². The van der Waals surface area contributed by atoms with Gasteiger partial charge in [-0.25, -0.2) is 9.78 Å². The Morgan fingerprint density at radius 3 is 3.04 bits per heavy atom. The molecule has 0 aromatic carbocycles. The molecule has 1 N–H and O–H groups in total. The molecule has 4 rings (SSSR count). The minimum atomic E-state index is 0.0323. The smallest absolute Gasteiger partial charge is 0.318 e. The highest BCUT2D eigenvalue weighted by atomic mass is 32.1. The third-order valence-electron chi connectivity index (χ3n) is 5.01. The molecular weight excluding hydrogens is 322 g/mol. The first-order valence-corrected chi connectivity index (χ1v) is 9.51. The van der Waals surface area contributed by atoms with Gasteiger partial charge >= 0.3 is 6.03 Å². The summed E-state index contributed by atoms with van der Waals surface area (Å²) in [4.78, 5) is 19.4. The Morgan fingerprint density at radius 1 is 1.38 bits per heavy atom. The van der Waals surface area contributed by atoms with Crippen molar-refractivity contribution in [3.05, 3.63) is 33.5 Å². The molecule has 2 aliphatic rings. The molecule has 2 aromatic rings. The Hall–Kier alpha value is -1.89. The van der Waals surface area contributed by atoms with Gasteiger partial charge in [0.2, 0.25) is 0 Å². The van der Waals surface area contributed by atoms with Crippen LogP contribution in [0.2, 0.25) is 0 Å². The number of nitrogens with zero attached hydrogens (tertiary/aromatic N) is 4. The first kappa shape index (κ1) is 15.6. The van der Waals surface area contributed by atoms with Crippen molar-refractivity contribution in [1.82, 2.24) is 25.0 Å². The Balaban J connectivity index is 1.50. The average Bonchev–Trinajstić information content (AvgIpc) is 3.25. The predicted octanol–water partition coefficient (Wildman–Crippen LogP) is 3.11. The number of rotatable bonds is 2. The van der Waals surface area contributed by atoms with Gasteiger partial charge in [-0.3, -0.25) is 4.68 Å². The third-order valence-corrected chi connectivity index (χ3v) is 5.80. The summed E-state index contributed by atoms with van der Waals surface area (Å²) < 4.78 is 1.85. The molecule has 0 unspecified atom stereocenters. The number of aryl methyl sites for hydroxylation is 3. The second-order valence-corrected chi connectivity index (χ2v) is 7.80. The zero-order valence-corrected chi connectivity index (χ0v) is 15.0. The van der Waals surface area contributed by atoms with Crippen molar-refractivity contribution in [2.24, 2.45) is 7.05 Å². The van der Waals surface area contributed by atoms with Crippen LogP contribution in [0.1, 0.15) is 59.7 Å². The number of carbonyl (C=O) groups excluding carboxylic acids is 1. The lowest BCUT2D eigenvalue weighted by Crippen LogP contribution is -2.42. The second kappa shape index (κ2) is 6.20. The molecular formula is C17H23N5OS. The Bertz CT molecular complexity index is 752. The van der Waals surface area contributed by atoms with Crippen molar-refractivity contribution in [3.63, 3.8) is 0 Å². The summed E-state index contributed by atoms with van der Waals surface area (Å²) in [6.07, 6.45) is 7.15. The fourth-order valence-electron chi connectivity index (χ4n) is 3.90. The van der Waals surface area contributed by atoms with Gasteiger partial charge in [0, 0.05) is 30.7 Å². The van der Waals surface area contributed by atoms with E-state index in [0.717, 1.165) is 55.0 Å². The fraction of sp³-hybridized carbons (Fsp3) is 0.588. The molecule has 7 heteroatoms. The molecule has 1 fully saturated rings. The topological polar surface area (TPSA) is 63.1 Å². The maximum Gasteiger partial charge on any atom is 0.318 e. The van der Waals surface area contributed by atoms with Gasteiger partial charge in [0.25, 0.3) is 0 Å². The number of hydrogen-bond donors (Lipinski definition) is 1. The zero-order chi connectivity index (χ0) is 16.7. The molecule has 1 saturated heterocycles. The maximum atomic E-state index is 12.9. The summed E-state index contributed by atoms with van der Waals surface area (Å²) in [6, 6.07) is 0.227. The van der Waals surface area contributed by atoms with E-state index in [2.05, 4.69) is 20.8 Å². The summed E-state index contributed by atoms with van der Waals surface area (Å²) in [7, 11) is 1.94. The van der Waals surface area contributed by atoms with E-state index in [9.17, 15) is 4.79 Å². The minimum Gasteiger partial charge on any atom is -0.331 e. The van der Waals surface area contributed by atoms with Crippen LogP contribution >= 0.6 is 11.3 Å². The highest BCUT2D eigenvalue weighted by Gasteiger charge is 2.33. The number of nitrogens with one attached hydrogen (secondary N) is 1. The third kappa shape index (κ3) is 2.81. The molecule has 1 aliphatic heterocycles. The van der Waals surface area contributed by atoms with Gasteiger partial charge in [-0.05, 0) is 39.0 Å². The fourth-order valence-corrected chi connectivity index (χ4v) is 4.56. The van der Waals surface area contributed by atoms with Gasteiger partial charge in [0.15, 0.2) is 0 Å². The second-order valence-electron chi connectivity index (χ2n) is 6.74. The van der Waals surface area contributed by atoms with Crippen LogP contribution in [0.4, 0.5) is 4.79 Å². The van der Waals surface area contributed by atoms with Gasteiger partial charge in [0.05, 0.1) is 28.5 Å². The van der Waals surface area contributed by atoms with Crippen LogP contribution in [0.25, 0.3) is 0 Å². The highest BCUT2D eigenvalue weighted by Crippen LogP contribution is 2.34. The lowest BCUT2D eigenvalue weighted by molar-refractivity contribution is 0.186. The van der Waals surface area contributed by atoms with E-state index in [1.807, 2.05) is 29.7 Å². The number of amides is 2. The van der Waals surface area contributed by atoms with Crippen LogP contribution in [-0.2, 0) is 13.5 Å². The summed E-state index contributed by atoms with van der Waals surface area (Å²) in [6.45, 7) is 2.82. The number of thiazole rings is 1. The van der Waals surface area contributed by atoms with Crippen molar-refractivity contribution in [1.29, 1.82) is 0 Å². The van der Waals surface area contributed by atoms with Crippen LogP contribution in [0, 0.1) is 6.92 Å². The standard InChI is InChI=1S/C17H23N5OS/c1-11-18-15(10-24-11)16-7-4-8-22(16)17(23)19-13-5-3-6-14-12(13)9-21(2)20-14/h9-10,13,16H,3-8H2,1-2H3,(H,19,23)/t13-,16+/m0/s1. The Labute approximate surface area is 145 Å². The van der Waals surface area contributed by atoms with Crippen LogP contribution in [0.3, 0.4) is 0 Å². The van der Waals surface area contributed by atoms with Crippen LogP contribution in [0.5, 0.6) is 0 Å². The maximum absolute atomic E-state index is 12.9. The van der Waals surface area contributed by atoms with E-state index < -0.39 is 0 Å². The number of hydrogen-bond acceptors (Lipinski definition) is 4. The molecule has 0 spiro atoms. The predicted molar refractivity (Wildman–Crippen MR) is 93.0 cm³/mol. The SMILES string of the molecule is Cc1nc([C@H]2CCCN2C(=O)N[C@H]2CCCc3nn(C)cc32)cs1. The molecule has 3 heterocycles. The highest BCUT2D eigenvalue weighted by molar-refractivity contribution is 7.09. The first-order valence-electron chi connectivity index (χ1n) is 8.63. The molecule has 128 valence electrons. The molecule has 24 heavy (non-hydrogen) atoms. The zero-order valence-electron chi connectivity index (χ0n) is 14.2. The number of urea groups is 1. The van der Waals surface area contributed by atoms with Crippen molar-refractivity contribution in [3.8, 4) is 0 Å². The van der Waals surface area contributed by atoms with E-state index in [4.69, 9.17) is 0 Å². The molecule has 2 amide bonds. The molecule has 2 atom stereocenters. The summed E-state index contributed by atoms with van der Waals surface area (Å²) in [5, 5.41) is 10.9. The van der Waals surface area contributed by atoms with Crippen LogP contribution in [0.15, 0.2) is 11.6 Å². The Morgan fingerprint density at radius 2 is 2.25 bits per heavy atom. The van der Waals surface area contributed by atoms with Gasteiger partial charge in [-0.1, -0.05) is 0 Å². The number of fused-ring (bicyclic) bond motifs is 1. The van der Waals surface area contributed by atoms with E-state index in [-0.39, 0.29) is 18.1 Å². The summed E-state index contributed by atoms with van der Waals surface area (Å²) in [5.74, 6) is 0. The normalized spacial score (nSPS) is 23.3. The monoisotopic (exact) mass is 345 g/mol. The van der Waals surface area contributed by atoms with Gasteiger partial charge < -0.3 is 10.2 Å². The van der Waals surface area contributed by atoms with Crippen molar-refractivity contribution in [2.45, 2.75) is 51.1 Å². The average molecular weight is 345 g/mol. The Kier molecular flexibility index (Phi) is 4.04. The summed E-state index contributed by atoms with van der Waals surface area (Å²) in [5.41, 5.74) is 3.34. The molecule has 2 aromatic heterocycles. The minimum absolute atomic E-state index is 0.0323. The molecule has 0 radical (unpaired) electrons. The lowest BCUT2D eigenvalue weighted by atomic mass is 9.93. The van der Waals surface area contributed by atoms with E-state index in [0.29, 0.717) is 0 Å². The lowest BCUT2D eigenvalue weighted by Gasteiger charge is -2.28. The van der Waals surface area contributed by atoms with Gasteiger partial charge in [-0.2, -0.15) is 5.10 Å². The molecule has 0 saturated carbocycles.